The van der Waals surface area contributed by atoms with Crippen LogP contribution in [0.3, 0.4) is 0 Å². The van der Waals surface area contributed by atoms with Crippen molar-refractivity contribution in [3.8, 4) is 5.75 Å². The van der Waals surface area contributed by atoms with Crippen molar-refractivity contribution in [1.29, 1.82) is 0 Å². The summed E-state index contributed by atoms with van der Waals surface area (Å²) in [6.45, 7) is 4.77. The number of rotatable bonds is 5. The summed E-state index contributed by atoms with van der Waals surface area (Å²) in [5.74, 6) is 2.58. The van der Waals surface area contributed by atoms with Crippen LogP contribution in [0.1, 0.15) is 35.9 Å². The number of nitrogens with zero attached hydrogens (tertiary/aromatic N) is 3. The van der Waals surface area contributed by atoms with Crippen molar-refractivity contribution in [3.63, 3.8) is 0 Å². The van der Waals surface area contributed by atoms with Crippen LogP contribution in [0, 0.1) is 5.92 Å². The first-order valence-corrected chi connectivity index (χ1v) is 8.64. The van der Waals surface area contributed by atoms with Crippen molar-refractivity contribution in [2.45, 2.75) is 32.7 Å². The zero-order valence-corrected chi connectivity index (χ0v) is 14.4. The molecule has 1 amide bonds. The largest absolute Gasteiger partial charge is 0.497 e. The minimum Gasteiger partial charge on any atom is -0.497 e. The molecule has 0 N–H and O–H groups in total. The van der Waals surface area contributed by atoms with E-state index in [-0.39, 0.29) is 5.91 Å². The summed E-state index contributed by atoms with van der Waals surface area (Å²) in [6.07, 6.45) is 6.97. The van der Waals surface area contributed by atoms with Crippen LogP contribution in [-0.4, -0.2) is 40.6 Å². The summed E-state index contributed by atoms with van der Waals surface area (Å²) in [4.78, 5) is 19.0. The second-order valence-electron chi connectivity index (χ2n) is 6.32. The van der Waals surface area contributed by atoms with Gasteiger partial charge in [0.05, 0.1) is 7.11 Å². The average molecular weight is 327 g/mol. The molecule has 128 valence electrons. The summed E-state index contributed by atoms with van der Waals surface area (Å²) in [5, 5.41) is 0. The van der Waals surface area contributed by atoms with Gasteiger partial charge in [0.25, 0.3) is 5.91 Å². The highest BCUT2D eigenvalue weighted by molar-refractivity contribution is 5.94. The first kappa shape index (κ1) is 16.6. The quantitative estimate of drug-likeness (QED) is 0.848. The van der Waals surface area contributed by atoms with Crippen molar-refractivity contribution in [2.75, 3.05) is 20.2 Å². The number of methoxy groups -OCH3 is 1. The molecule has 0 unspecified atom stereocenters. The topological polar surface area (TPSA) is 47.4 Å². The number of carbonyl (C=O) groups is 1. The Balaban J connectivity index is 1.57. The Morgan fingerprint density at radius 2 is 2.12 bits per heavy atom. The van der Waals surface area contributed by atoms with Crippen LogP contribution in [-0.2, 0) is 13.0 Å². The van der Waals surface area contributed by atoms with E-state index < -0.39 is 0 Å². The van der Waals surface area contributed by atoms with Gasteiger partial charge in [-0.2, -0.15) is 0 Å². The molecule has 3 rings (SSSR count). The number of likely N-dealkylation sites (tertiary alicyclic amines) is 1. The Morgan fingerprint density at radius 3 is 2.83 bits per heavy atom. The van der Waals surface area contributed by atoms with Gasteiger partial charge in [-0.3, -0.25) is 4.79 Å². The van der Waals surface area contributed by atoms with E-state index in [1.54, 1.807) is 7.11 Å². The molecule has 0 atom stereocenters. The van der Waals surface area contributed by atoms with Crippen LogP contribution in [0.4, 0.5) is 0 Å². The molecule has 2 aromatic rings. The molecule has 0 bridgehead atoms. The normalized spacial score (nSPS) is 15.5. The molecule has 1 aromatic heterocycles. The maximum Gasteiger partial charge on any atom is 0.253 e. The van der Waals surface area contributed by atoms with E-state index in [1.165, 1.54) is 0 Å². The van der Waals surface area contributed by atoms with Crippen LogP contribution in [0.2, 0.25) is 0 Å². The van der Waals surface area contributed by atoms with Crippen molar-refractivity contribution in [2.24, 2.45) is 5.92 Å². The van der Waals surface area contributed by atoms with Crippen molar-refractivity contribution in [3.05, 3.63) is 48.0 Å². The highest BCUT2D eigenvalue weighted by Crippen LogP contribution is 2.22. The average Bonchev–Trinajstić information content (AvgIpc) is 3.09. The monoisotopic (exact) mass is 327 g/mol. The van der Waals surface area contributed by atoms with Gasteiger partial charge in [-0.25, -0.2) is 4.98 Å². The van der Waals surface area contributed by atoms with Crippen molar-refractivity contribution < 1.29 is 9.53 Å². The maximum absolute atomic E-state index is 12.6. The first-order chi connectivity index (χ1) is 11.7. The number of aromatic nitrogens is 2. The summed E-state index contributed by atoms with van der Waals surface area (Å²) in [6, 6.07) is 7.40. The second kappa shape index (κ2) is 7.51. The Bertz CT molecular complexity index is 687. The molecular weight excluding hydrogens is 302 g/mol. The van der Waals surface area contributed by atoms with E-state index >= 15 is 0 Å². The Hall–Kier alpha value is -2.30. The van der Waals surface area contributed by atoms with E-state index in [4.69, 9.17) is 4.74 Å². The fraction of sp³-hybridized carbons (Fsp3) is 0.474. The molecule has 5 nitrogen and oxygen atoms in total. The molecule has 0 spiro atoms. The first-order valence-electron chi connectivity index (χ1n) is 8.64. The zero-order valence-electron chi connectivity index (χ0n) is 14.4. The predicted octanol–water partition coefficient (Wildman–Crippen LogP) is 3.01. The molecule has 5 heteroatoms. The number of amides is 1. The Labute approximate surface area is 143 Å². The highest BCUT2D eigenvalue weighted by atomic mass is 16.5. The molecule has 1 fully saturated rings. The molecular formula is C19H25N3O2. The molecule has 1 aromatic carbocycles. The summed E-state index contributed by atoms with van der Waals surface area (Å²) >= 11 is 0. The molecule has 1 aliphatic rings. The lowest BCUT2D eigenvalue weighted by Gasteiger charge is -2.32. The third-order valence-corrected chi connectivity index (χ3v) is 4.79. The van der Waals surface area contributed by atoms with Gasteiger partial charge in [-0.05, 0) is 37.0 Å². The third-order valence-electron chi connectivity index (χ3n) is 4.79. The van der Waals surface area contributed by atoms with Gasteiger partial charge in [-0.15, -0.1) is 0 Å². The molecule has 1 saturated heterocycles. The maximum atomic E-state index is 12.6. The van der Waals surface area contributed by atoms with Gasteiger partial charge in [0.1, 0.15) is 11.6 Å². The van der Waals surface area contributed by atoms with E-state index in [0.29, 0.717) is 11.5 Å². The van der Waals surface area contributed by atoms with Gasteiger partial charge in [-0.1, -0.05) is 13.0 Å². The lowest BCUT2D eigenvalue weighted by atomic mass is 9.96. The second-order valence-corrected chi connectivity index (χ2v) is 6.32. The number of hydrogen-bond donors (Lipinski definition) is 0. The molecule has 2 heterocycles. The lowest BCUT2D eigenvalue weighted by Crippen LogP contribution is -2.39. The van der Waals surface area contributed by atoms with E-state index in [0.717, 1.165) is 50.5 Å². The number of aryl methyl sites for hydroxylation is 1. The fourth-order valence-corrected chi connectivity index (χ4v) is 3.36. The van der Waals surface area contributed by atoms with Gasteiger partial charge >= 0.3 is 0 Å². The molecule has 24 heavy (non-hydrogen) atoms. The van der Waals surface area contributed by atoms with Gasteiger partial charge in [0.2, 0.25) is 0 Å². The fourth-order valence-electron chi connectivity index (χ4n) is 3.36. The minimum absolute atomic E-state index is 0.101. The standard InChI is InChI=1S/C19H25N3O2/c1-3-18-20-9-12-22(18)14-15-7-10-21(11-8-15)19(23)16-5-4-6-17(13-16)24-2/h4-6,9,12-13,15H,3,7-8,10-11,14H2,1-2H3. The van der Waals surface area contributed by atoms with Gasteiger partial charge in [0, 0.05) is 44.0 Å². The highest BCUT2D eigenvalue weighted by Gasteiger charge is 2.24. The third kappa shape index (κ3) is 3.61. The molecule has 1 aliphatic heterocycles. The Morgan fingerprint density at radius 1 is 1.33 bits per heavy atom. The van der Waals surface area contributed by atoms with Gasteiger partial charge < -0.3 is 14.2 Å². The Kier molecular flexibility index (Phi) is 5.18. The van der Waals surface area contributed by atoms with E-state index in [9.17, 15) is 4.79 Å². The lowest BCUT2D eigenvalue weighted by molar-refractivity contribution is 0.0682. The van der Waals surface area contributed by atoms with Crippen molar-refractivity contribution in [1.82, 2.24) is 14.5 Å². The summed E-state index contributed by atoms with van der Waals surface area (Å²) in [7, 11) is 1.62. The molecule has 0 radical (unpaired) electrons. The number of hydrogen-bond acceptors (Lipinski definition) is 3. The number of imidazole rings is 1. The number of carbonyl (C=O) groups excluding carboxylic acids is 1. The van der Waals surface area contributed by atoms with Gasteiger partial charge in [0.15, 0.2) is 0 Å². The van der Waals surface area contributed by atoms with Crippen LogP contribution >= 0.6 is 0 Å². The molecule has 0 saturated carbocycles. The zero-order chi connectivity index (χ0) is 16.9. The van der Waals surface area contributed by atoms with Crippen LogP contribution in [0.15, 0.2) is 36.7 Å². The smallest absolute Gasteiger partial charge is 0.253 e. The minimum atomic E-state index is 0.101. The number of ether oxygens (including phenoxy) is 1. The summed E-state index contributed by atoms with van der Waals surface area (Å²) in [5.41, 5.74) is 0.704. The number of benzene rings is 1. The SMILES string of the molecule is CCc1nccn1CC1CCN(C(=O)c2cccc(OC)c2)CC1. The van der Waals surface area contributed by atoms with Crippen molar-refractivity contribution >= 4 is 5.91 Å². The van der Waals surface area contributed by atoms with Crippen LogP contribution in [0.5, 0.6) is 5.75 Å². The predicted molar refractivity (Wildman–Crippen MR) is 93.2 cm³/mol. The summed E-state index contributed by atoms with van der Waals surface area (Å²) < 4.78 is 7.46. The van der Waals surface area contributed by atoms with E-state index in [2.05, 4.69) is 22.7 Å². The van der Waals surface area contributed by atoms with E-state index in [1.807, 2.05) is 35.4 Å². The van der Waals surface area contributed by atoms with Crippen LogP contribution in [0.25, 0.3) is 0 Å². The molecule has 0 aliphatic carbocycles. The van der Waals surface area contributed by atoms with Crippen LogP contribution < -0.4 is 4.74 Å². The number of piperidine rings is 1.